The number of benzene rings is 1. The van der Waals surface area contributed by atoms with E-state index in [0.29, 0.717) is 24.5 Å². The van der Waals surface area contributed by atoms with Crippen molar-refractivity contribution in [2.75, 3.05) is 24.2 Å². The number of nitrogens with one attached hydrogen (secondary N) is 1. The van der Waals surface area contributed by atoms with Crippen molar-refractivity contribution < 1.29 is 13.9 Å². The Morgan fingerprint density at radius 2 is 2.00 bits per heavy atom. The zero-order valence-electron chi connectivity index (χ0n) is 12.9. The van der Waals surface area contributed by atoms with Crippen LogP contribution in [0.4, 0.5) is 15.8 Å². The van der Waals surface area contributed by atoms with E-state index < -0.39 is 5.82 Å². The summed E-state index contributed by atoms with van der Waals surface area (Å²) in [4.78, 5) is 0. The van der Waals surface area contributed by atoms with Crippen LogP contribution in [0.2, 0.25) is 0 Å². The molecule has 0 radical (unpaired) electrons. The molecule has 0 unspecified atom stereocenters. The Balaban J connectivity index is 2.84. The molecule has 0 spiro atoms. The van der Waals surface area contributed by atoms with Crippen molar-refractivity contribution >= 4 is 11.4 Å². The molecule has 1 aromatic carbocycles. The molecule has 3 N–H and O–H groups in total. The number of ether oxygens (including phenoxy) is 2. The van der Waals surface area contributed by atoms with Gasteiger partial charge in [0, 0.05) is 25.3 Å². The fraction of sp³-hybridized carbons (Fsp3) is 0.600. The molecule has 0 aliphatic rings. The highest BCUT2D eigenvalue weighted by Gasteiger charge is 2.18. The predicted octanol–water partition coefficient (Wildman–Crippen LogP) is 3.42. The molecule has 0 saturated carbocycles. The Bertz CT molecular complexity index is 448. The Morgan fingerprint density at radius 1 is 1.35 bits per heavy atom. The van der Waals surface area contributed by atoms with Gasteiger partial charge in [-0.3, -0.25) is 0 Å². The van der Waals surface area contributed by atoms with Gasteiger partial charge in [0.05, 0.1) is 23.1 Å². The van der Waals surface area contributed by atoms with Crippen molar-refractivity contribution in [3.05, 3.63) is 17.9 Å². The van der Waals surface area contributed by atoms with Crippen LogP contribution in [0.3, 0.4) is 0 Å². The number of anilines is 2. The number of rotatable bonds is 7. The van der Waals surface area contributed by atoms with Gasteiger partial charge in [-0.05, 0) is 34.6 Å². The van der Waals surface area contributed by atoms with Crippen LogP contribution < -0.4 is 15.8 Å². The second-order valence-corrected chi connectivity index (χ2v) is 5.58. The maximum atomic E-state index is 13.7. The lowest BCUT2D eigenvalue weighted by Gasteiger charge is -2.26. The molecule has 0 bridgehead atoms. The highest BCUT2D eigenvalue weighted by Crippen LogP contribution is 2.29. The summed E-state index contributed by atoms with van der Waals surface area (Å²) in [7, 11) is 0. The molecule has 4 nitrogen and oxygen atoms in total. The Morgan fingerprint density at radius 3 is 2.55 bits per heavy atom. The second kappa shape index (κ2) is 6.79. The molecule has 0 fully saturated rings. The van der Waals surface area contributed by atoms with E-state index in [1.54, 1.807) is 6.07 Å². The maximum Gasteiger partial charge on any atom is 0.167 e. The smallest absolute Gasteiger partial charge is 0.167 e. The Kier molecular flexibility index (Phi) is 5.62. The van der Waals surface area contributed by atoms with E-state index in [-0.39, 0.29) is 17.5 Å². The summed E-state index contributed by atoms with van der Waals surface area (Å²) in [5.41, 5.74) is 6.50. The molecule has 20 heavy (non-hydrogen) atoms. The number of nitrogens with two attached hydrogens (primary N) is 1. The van der Waals surface area contributed by atoms with E-state index >= 15 is 0 Å². The van der Waals surface area contributed by atoms with Gasteiger partial charge in [-0.25, -0.2) is 4.39 Å². The van der Waals surface area contributed by atoms with Gasteiger partial charge in [-0.2, -0.15) is 0 Å². The molecule has 0 aliphatic carbocycles. The minimum absolute atomic E-state index is 0.0964. The number of nitrogen functional groups attached to an aromatic ring is 1. The first-order valence-electron chi connectivity index (χ1n) is 6.88. The zero-order valence-corrected chi connectivity index (χ0v) is 12.9. The monoisotopic (exact) mass is 284 g/mol. The van der Waals surface area contributed by atoms with Crippen molar-refractivity contribution in [1.29, 1.82) is 0 Å². The highest BCUT2D eigenvalue weighted by atomic mass is 19.1. The minimum Gasteiger partial charge on any atom is -0.488 e. The van der Waals surface area contributed by atoms with Crippen molar-refractivity contribution in [3.8, 4) is 5.75 Å². The van der Waals surface area contributed by atoms with E-state index in [0.717, 1.165) is 0 Å². The van der Waals surface area contributed by atoms with Gasteiger partial charge < -0.3 is 20.5 Å². The Hall–Kier alpha value is -1.49. The molecule has 0 aliphatic heterocycles. The zero-order chi connectivity index (χ0) is 15.3. The summed E-state index contributed by atoms with van der Waals surface area (Å²) in [5.74, 6) is -0.253. The summed E-state index contributed by atoms with van der Waals surface area (Å²) in [6.45, 7) is 10.8. The molecule has 114 valence electrons. The fourth-order valence-corrected chi connectivity index (χ4v) is 1.82. The van der Waals surface area contributed by atoms with Crippen LogP contribution in [0, 0.1) is 5.82 Å². The van der Waals surface area contributed by atoms with Crippen LogP contribution in [-0.4, -0.2) is 24.9 Å². The summed E-state index contributed by atoms with van der Waals surface area (Å²) in [6, 6.07) is 2.86. The van der Waals surface area contributed by atoms with Crippen molar-refractivity contribution in [2.45, 2.75) is 46.3 Å². The third-order valence-electron chi connectivity index (χ3n) is 2.71. The number of hydrogen-bond donors (Lipinski definition) is 2. The van der Waals surface area contributed by atoms with E-state index in [9.17, 15) is 4.39 Å². The largest absolute Gasteiger partial charge is 0.488 e. The average molecular weight is 284 g/mol. The second-order valence-electron chi connectivity index (χ2n) is 5.58. The maximum absolute atomic E-state index is 13.7. The number of halogens is 1. The van der Waals surface area contributed by atoms with Crippen LogP contribution in [0.1, 0.15) is 34.6 Å². The van der Waals surface area contributed by atoms with E-state index in [4.69, 9.17) is 15.2 Å². The van der Waals surface area contributed by atoms with Gasteiger partial charge in [-0.1, -0.05) is 0 Å². The van der Waals surface area contributed by atoms with Crippen LogP contribution in [0.5, 0.6) is 5.75 Å². The molecule has 1 aromatic rings. The molecular formula is C15H25FN2O2. The summed E-state index contributed by atoms with van der Waals surface area (Å²) in [6.07, 6.45) is -0.0964. The lowest BCUT2D eigenvalue weighted by Crippen LogP contribution is -2.33. The van der Waals surface area contributed by atoms with Crippen LogP contribution in [0.15, 0.2) is 12.1 Å². The average Bonchev–Trinajstić information content (AvgIpc) is 2.30. The van der Waals surface area contributed by atoms with Gasteiger partial charge in [0.1, 0.15) is 0 Å². The standard InChI is InChI=1S/C15H25FN2O2/c1-6-19-15(4,5)9-18-13-8-14(20-10(2)3)11(16)7-12(13)17/h7-8,10,18H,6,9,17H2,1-5H3. The van der Waals surface area contributed by atoms with Gasteiger partial charge >= 0.3 is 0 Å². The van der Waals surface area contributed by atoms with Crippen molar-refractivity contribution in [1.82, 2.24) is 0 Å². The third-order valence-corrected chi connectivity index (χ3v) is 2.71. The number of hydrogen-bond acceptors (Lipinski definition) is 4. The Labute approximate surface area is 120 Å². The summed E-state index contributed by atoms with van der Waals surface area (Å²) in [5, 5.41) is 3.18. The lowest BCUT2D eigenvalue weighted by atomic mass is 10.1. The van der Waals surface area contributed by atoms with Crippen LogP contribution in [-0.2, 0) is 4.74 Å². The third kappa shape index (κ3) is 4.89. The van der Waals surface area contributed by atoms with Crippen molar-refractivity contribution in [3.63, 3.8) is 0 Å². The molecule has 1 rings (SSSR count). The normalized spacial score (nSPS) is 11.8. The van der Waals surface area contributed by atoms with E-state index in [2.05, 4.69) is 5.32 Å². The molecular weight excluding hydrogens is 259 g/mol. The predicted molar refractivity (Wildman–Crippen MR) is 80.8 cm³/mol. The molecule has 0 aromatic heterocycles. The molecule has 5 heteroatoms. The first kappa shape index (κ1) is 16.6. The topological polar surface area (TPSA) is 56.5 Å². The van der Waals surface area contributed by atoms with E-state index in [1.165, 1.54) is 6.07 Å². The van der Waals surface area contributed by atoms with Gasteiger partial charge in [0.2, 0.25) is 0 Å². The molecule has 0 saturated heterocycles. The highest BCUT2D eigenvalue weighted by molar-refractivity contribution is 5.68. The fourth-order valence-electron chi connectivity index (χ4n) is 1.82. The summed E-state index contributed by atoms with van der Waals surface area (Å²) >= 11 is 0. The van der Waals surface area contributed by atoms with Crippen LogP contribution >= 0.6 is 0 Å². The molecule has 0 amide bonds. The SMILES string of the molecule is CCOC(C)(C)CNc1cc(OC(C)C)c(F)cc1N. The van der Waals surface area contributed by atoms with Gasteiger partial charge in [-0.15, -0.1) is 0 Å². The first-order chi connectivity index (χ1) is 9.25. The van der Waals surface area contributed by atoms with E-state index in [1.807, 2.05) is 34.6 Å². The minimum atomic E-state index is -0.453. The van der Waals surface area contributed by atoms with Gasteiger partial charge in [0.15, 0.2) is 11.6 Å². The quantitative estimate of drug-likeness (QED) is 0.753. The van der Waals surface area contributed by atoms with Crippen molar-refractivity contribution in [2.24, 2.45) is 0 Å². The first-order valence-corrected chi connectivity index (χ1v) is 6.88. The summed E-state index contributed by atoms with van der Waals surface area (Å²) < 4.78 is 24.7. The van der Waals surface area contributed by atoms with Crippen LogP contribution in [0.25, 0.3) is 0 Å². The molecule has 0 atom stereocenters. The molecule has 0 heterocycles. The lowest BCUT2D eigenvalue weighted by molar-refractivity contribution is 0.000703. The van der Waals surface area contributed by atoms with Gasteiger partial charge in [0.25, 0.3) is 0 Å².